The lowest BCUT2D eigenvalue weighted by Gasteiger charge is -2.25. The quantitative estimate of drug-likeness (QED) is 0.853. The van der Waals surface area contributed by atoms with Crippen molar-refractivity contribution in [2.24, 2.45) is 5.92 Å². The Morgan fingerprint density at radius 1 is 1.24 bits per heavy atom. The van der Waals surface area contributed by atoms with Gasteiger partial charge in [0.05, 0.1) is 11.8 Å². The molecular formula is C16H20FN3O. The standard InChI is InChI=1S/C16H20FN3O/c17-13-9-18-6-3-12(13)16(21)20-8-5-14-15(20)4-7-19(14)10-11-1-2-11/h3,6,9,11,14-15H,1-2,4-5,7-8,10H2/t14-,15+/m0/s1. The number of fused-ring (bicyclic) bond motifs is 1. The number of pyridine rings is 1. The summed E-state index contributed by atoms with van der Waals surface area (Å²) >= 11 is 0. The summed E-state index contributed by atoms with van der Waals surface area (Å²) in [5, 5.41) is 0. The smallest absolute Gasteiger partial charge is 0.257 e. The highest BCUT2D eigenvalue weighted by atomic mass is 19.1. The van der Waals surface area contributed by atoms with Crippen LogP contribution >= 0.6 is 0 Å². The Morgan fingerprint density at radius 2 is 2.05 bits per heavy atom. The largest absolute Gasteiger partial charge is 0.334 e. The van der Waals surface area contributed by atoms with Gasteiger partial charge in [0.25, 0.3) is 5.91 Å². The summed E-state index contributed by atoms with van der Waals surface area (Å²) in [4.78, 5) is 20.7. The van der Waals surface area contributed by atoms with Gasteiger partial charge in [0, 0.05) is 37.9 Å². The van der Waals surface area contributed by atoms with Crippen molar-refractivity contribution in [1.82, 2.24) is 14.8 Å². The third kappa shape index (κ3) is 2.33. The van der Waals surface area contributed by atoms with Gasteiger partial charge in [-0.05, 0) is 37.7 Å². The fourth-order valence-corrected chi connectivity index (χ4v) is 3.89. The molecule has 2 aliphatic heterocycles. The van der Waals surface area contributed by atoms with Crippen LogP contribution < -0.4 is 0 Å². The molecular weight excluding hydrogens is 269 g/mol. The minimum Gasteiger partial charge on any atom is -0.334 e. The molecule has 1 aromatic rings. The maximum absolute atomic E-state index is 13.8. The maximum atomic E-state index is 13.8. The zero-order valence-electron chi connectivity index (χ0n) is 12.0. The Hall–Kier alpha value is -1.49. The molecule has 1 amide bonds. The Morgan fingerprint density at radius 3 is 2.81 bits per heavy atom. The molecule has 21 heavy (non-hydrogen) atoms. The minimum atomic E-state index is -0.515. The van der Waals surface area contributed by atoms with Gasteiger partial charge in [0.1, 0.15) is 0 Å². The Bertz CT molecular complexity index is 560. The van der Waals surface area contributed by atoms with Crippen molar-refractivity contribution >= 4 is 5.91 Å². The molecule has 1 saturated carbocycles. The zero-order chi connectivity index (χ0) is 14.4. The molecule has 3 heterocycles. The van der Waals surface area contributed by atoms with Crippen LogP contribution in [0.1, 0.15) is 36.0 Å². The molecule has 2 saturated heterocycles. The van der Waals surface area contributed by atoms with E-state index in [9.17, 15) is 9.18 Å². The normalized spacial score (nSPS) is 28.9. The number of hydrogen-bond acceptors (Lipinski definition) is 3. The molecule has 5 heteroatoms. The molecule has 4 rings (SSSR count). The first kappa shape index (κ1) is 13.2. The first-order chi connectivity index (χ1) is 10.2. The summed E-state index contributed by atoms with van der Waals surface area (Å²) in [6.07, 6.45) is 7.37. The second-order valence-electron chi connectivity index (χ2n) is 6.50. The van der Waals surface area contributed by atoms with Gasteiger partial charge >= 0.3 is 0 Å². The molecule has 0 spiro atoms. The number of carbonyl (C=O) groups excluding carboxylic acids is 1. The van der Waals surface area contributed by atoms with Crippen molar-refractivity contribution in [2.45, 2.75) is 37.8 Å². The molecule has 4 nitrogen and oxygen atoms in total. The number of likely N-dealkylation sites (tertiary alicyclic amines) is 2. The Labute approximate surface area is 123 Å². The summed E-state index contributed by atoms with van der Waals surface area (Å²) in [5.41, 5.74) is 0.159. The Kier molecular flexibility index (Phi) is 3.17. The molecule has 0 unspecified atom stereocenters. The van der Waals surface area contributed by atoms with Gasteiger partial charge in [-0.15, -0.1) is 0 Å². The molecule has 2 atom stereocenters. The molecule has 1 aliphatic carbocycles. The molecule has 0 radical (unpaired) electrons. The average molecular weight is 289 g/mol. The van der Waals surface area contributed by atoms with Gasteiger partial charge < -0.3 is 4.90 Å². The summed E-state index contributed by atoms with van der Waals surface area (Å²) in [5.74, 6) is 0.195. The van der Waals surface area contributed by atoms with Crippen molar-refractivity contribution in [1.29, 1.82) is 0 Å². The molecule has 112 valence electrons. The molecule has 0 aromatic carbocycles. The fourth-order valence-electron chi connectivity index (χ4n) is 3.89. The molecule has 3 aliphatic rings. The maximum Gasteiger partial charge on any atom is 0.257 e. The van der Waals surface area contributed by atoms with E-state index in [4.69, 9.17) is 0 Å². The van der Waals surface area contributed by atoms with Crippen LogP contribution in [0, 0.1) is 11.7 Å². The van der Waals surface area contributed by atoms with E-state index in [0.717, 1.165) is 38.0 Å². The van der Waals surface area contributed by atoms with Crippen molar-refractivity contribution < 1.29 is 9.18 Å². The first-order valence-electron chi connectivity index (χ1n) is 7.88. The van der Waals surface area contributed by atoms with E-state index in [-0.39, 0.29) is 17.5 Å². The van der Waals surface area contributed by atoms with Crippen molar-refractivity contribution in [3.8, 4) is 0 Å². The van der Waals surface area contributed by atoms with Gasteiger partial charge in [0.2, 0.25) is 0 Å². The van der Waals surface area contributed by atoms with Gasteiger partial charge in [-0.25, -0.2) is 4.39 Å². The number of carbonyl (C=O) groups is 1. The number of amides is 1. The van der Waals surface area contributed by atoms with Gasteiger partial charge in [0.15, 0.2) is 5.82 Å². The number of rotatable bonds is 3. The van der Waals surface area contributed by atoms with Crippen LogP contribution in [-0.2, 0) is 0 Å². The van der Waals surface area contributed by atoms with E-state index in [1.165, 1.54) is 31.6 Å². The van der Waals surface area contributed by atoms with Crippen LogP contribution in [0.3, 0.4) is 0 Å². The van der Waals surface area contributed by atoms with Gasteiger partial charge in [-0.2, -0.15) is 0 Å². The highest BCUT2D eigenvalue weighted by Gasteiger charge is 2.45. The van der Waals surface area contributed by atoms with Crippen LogP contribution in [0.2, 0.25) is 0 Å². The second kappa shape index (κ2) is 5.05. The van der Waals surface area contributed by atoms with E-state index >= 15 is 0 Å². The lowest BCUT2D eigenvalue weighted by molar-refractivity contribution is 0.0727. The van der Waals surface area contributed by atoms with Gasteiger partial charge in [-0.1, -0.05) is 0 Å². The van der Waals surface area contributed by atoms with Crippen LogP contribution in [0.15, 0.2) is 18.5 Å². The highest BCUT2D eigenvalue weighted by molar-refractivity contribution is 5.94. The monoisotopic (exact) mass is 289 g/mol. The van der Waals surface area contributed by atoms with E-state index in [0.29, 0.717) is 6.04 Å². The second-order valence-corrected chi connectivity index (χ2v) is 6.50. The third-order valence-electron chi connectivity index (χ3n) is 5.14. The fraction of sp³-hybridized carbons (Fsp3) is 0.625. The van der Waals surface area contributed by atoms with E-state index in [1.807, 2.05) is 4.90 Å². The van der Waals surface area contributed by atoms with Crippen LogP contribution in [0.4, 0.5) is 4.39 Å². The molecule has 1 aromatic heterocycles. The zero-order valence-corrected chi connectivity index (χ0v) is 12.0. The third-order valence-corrected chi connectivity index (χ3v) is 5.14. The number of hydrogen-bond donors (Lipinski definition) is 0. The SMILES string of the molecule is O=C(c1ccncc1F)N1CC[C@H]2[C@H]1CCN2CC1CC1. The summed E-state index contributed by atoms with van der Waals surface area (Å²) in [7, 11) is 0. The molecule has 0 bridgehead atoms. The van der Waals surface area contributed by atoms with E-state index in [1.54, 1.807) is 0 Å². The number of halogens is 1. The summed E-state index contributed by atoms with van der Waals surface area (Å²) < 4.78 is 13.8. The predicted molar refractivity (Wildman–Crippen MR) is 76.3 cm³/mol. The van der Waals surface area contributed by atoms with Gasteiger partial charge in [-0.3, -0.25) is 14.7 Å². The van der Waals surface area contributed by atoms with E-state index in [2.05, 4.69) is 9.88 Å². The highest BCUT2D eigenvalue weighted by Crippen LogP contribution is 2.37. The van der Waals surface area contributed by atoms with Crippen LogP contribution in [0.5, 0.6) is 0 Å². The molecule has 3 fully saturated rings. The van der Waals surface area contributed by atoms with Crippen molar-refractivity contribution in [3.63, 3.8) is 0 Å². The average Bonchev–Trinajstić information content (AvgIpc) is 3.06. The van der Waals surface area contributed by atoms with Crippen LogP contribution in [-0.4, -0.2) is 52.4 Å². The predicted octanol–water partition coefficient (Wildman–Crippen LogP) is 1.92. The van der Waals surface area contributed by atoms with Crippen LogP contribution in [0.25, 0.3) is 0 Å². The topological polar surface area (TPSA) is 36.4 Å². The first-order valence-corrected chi connectivity index (χ1v) is 7.88. The lowest BCUT2D eigenvalue weighted by atomic mass is 10.1. The summed E-state index contributed by atoms with van der Waals surface area (Å²) in [6, 6.07) is 2.24. The van der Waals surface area contributed by atoms with E-state index < -0.39 is 5.82 Å². The van der Waals surface area contributed by atoms with Crippen molar-refractivity contribution in [3.05, 3.63) is 29.8 Å². The minimum absolute atomic E-state index is 0.159. The lowest BCUT2D eigenvalue weighted by Crippen LogP contribution is -2.40. The Balaban J connectivity index is 1.50. The number of aromatic nitrogens is 1. The number of nitrogens with zero attached hydrogens (tertiary/aromatic N) is 3. The van der Waals surface area contributed by atoms with Crippen molar-refractivity contribution in [2.75, 3.05) is 19.6 Å². The molecule has 0 N–H and O–H groups in total. The summed E-state index contributed by atoms with van der Waals surface area (Å²) in [6.45, 7) is 3.01.